The maximum atomic E-state index is 10.8. The van der Waals surface area contributed by atoms with Crippen LogP contribution < -0.4 is 0 Å². The second-order valence-electron chi connectivity index (χ2n) is 7.87. The van der Waals surface area contributed by atoms with Gasteiger partial charge in [0, 0.05) is 13.0 Å². The first-order valence-electron chi connectivity index (χ1n) is 9.44. The Bertz CT molecular complexity index is 435. The van der Waals surface area contributed by atoms with Crippen LogP contribution in [0, 0.1) is 0 Å². The highest BCUT2D eigenvalue weighted by atomic mass is 16.8. The first kappa shape index (κ1) is 19.5. The SMILES string of the molecule is CCOCO[C@@H]1[C@H]2OC(C)(C)O[C@H]2O[C@@H]1[C@H](O)CC1(O)CCCCC1. The van der Waals surface area contributed by atoms with Gasteiger partial charge in [0.1, 0.15) is 25.1 Å². The zero-order valence-electron chi connectivity index (χ0n) is 15.5. The lowest BCUT2D eigenvalue weighted by molar-refractivity contribution is -0.239. The Kier molecular flexibility index (Phi) is 6.05. The van der Waals surface area contributed by atoms with Gasteiger partial charge in [0.2, 0.25) is 0 Å². The Hall–Kier alpha value is -0.280. The number of ether oxygens (including phenoxy) is 5. The standard InChI is InChI=1S/C18H32O7/c1-4-21-11-22-14-13(23-16-15(14)24-17(2,3)25-16)12(19)10-18(20)8-6-5-7-9-18/h12-16,19-20H,4-11H2,1-3H3/t12-,13-,14+,15-,16-/m1/s1. The lowest BCUT2D eigenvalue weighted by atomic mass is 9.80. The Labute approximate surface area is 149 Å². The van der Waals surface area contributed by atoms with E-state index in [9.17, 15) is 10.2 Å². The van der Waals surface area contributed by atoms with Crippen molar-refractivity contribution in [1.29, 1.82) is 0 Å². The van der Waals surface area contributed by atoms with Gasteiger partial charge >= 0.3 is 0 Å². The van der Waals surface area contributed by atoms with Crippen LogP contribution in [-0.4, -0.2) is 65.7 Å². The zero-order chi connectivity index (χ0) is 18.1. The van der Waals surface area contributed by atoms with Gasteiger partial charge in [0.15, 0.2) is 12.1 Å². The Morgan fingerprint density at radius 3 is 2.56 bits per heavy atom. The van der Waals surface area contributed by atoms with Gasteiger partial charge in [-0.1, -0.05) is 19.3 Å². The first-order chi connectivity index (χ1) is 11.8. The van der Waals surface area contributed by atoms with E-state index in [1.54, 1.807) is 0 Å². The fraction of sp³-hybridized carbons (Fsp3) is 1.00. The molecule has 2 saturated heterocycles. The van der Waals surface area contributed by atoms with E-state index in [1.165, 1.54) is 0 Å². The van der Waals surface area contributed by atoms with Crippen LogP contribution in [0.25, 0.3) is 0 Å². The van der Waals surface area contributed by atoms with Crippen LogP contribution in [0.3, 0.4) is 0 Å². The average Bonchev–Trinajstić information content (AvgIpc) is 3.00. The largest absolute Gasteiger partial charge is 0.390 e. The molecular formula is C18H32O7. The van der Waals surface area contributed by atoms with Crippen molar-refractivity contribution in [3.63, 3.8) is 0 Å². The van der Waals surface area contributed by atoms with Crippen molar-refractivity contribution in [3.8, 4) is 0 Å². The molecule has 3 fully saturated rings. The van der Waals surface area contributed by atoms with Gasteiger partial charge in [-0.2, -0.15) is 0 Å². The third-order valence-corrected chi connectivity index (χ3v) is 5.33. The third kappa shape index (κ3) is 4.53. The van der Waals surface area contributed by atoms with Crippen molar-refractivity contribution in [1.82, 2.24) is 0 Å². The maximum absolute atomic E-state index is 10.8. The summed E-state index contributed by atoms with van der Waals surface area (Å²) in [7, 11) is 0. The van der Waals surface area contributed by atoms with Gasteiger partial charge in [-0.25, -0.2) is 0 Å². The molecule has 146 valence electrons. The molecule has 3 rings (SSSR count). The zero-order valence-corrected chi connectivity index (χ0v) is 15.5. The van der Waals surface area contributed by atoms with Gasteiger partial charge in [-0.15, -0.1) is 0 Å². The van der Waals surface area contributed by atoms with Crippen LogP contribution in [0.2, 0.25) is 0 Å². The molecule has 7 heteroatoms. The van der Waals surface area contributed by atoms with E-state index in [-0.39, 0.29) is 13.2 Å². The molecule has 0 aromatic heterocycles. The molecule has 7 nitrogen and oxygen atoms in total. The summed E-state index contributed by atoms with van der Waals surface area (Å²) in [5.41, 5.74) is -0.829. The van der Waals surface area contributed by atoms with Gasteiger partial charge in [-0.3, -0.25) is 0 Å². The minimum atomic E-state index is -0.851. The smallest absolute Gasteiger partial charge is 0.190 e. The molecule has 2 heterocycles. The monoisotopic (exact) mass is 360 g/mol. The molecule has 1 saturated carbocycles. The van der Waals surface area contributed by atoms with Crippen molar-refractivity contribution in [2.75, 3.05) is 13.4 Å². The van der Waals surface area contributed by atoms with Crippen LogP contribution in [0.4, 0.5) is 0 Å². The molecule has 5 atom stereocenters. The summed E-state index contributed by atoms with van der Waals surface area (Å²) in [4.78, 5) is 0. The highest BCUT2D eigenvalue weighted by Crippen LogP contribution is 2.41. The van der Waals surface area contributed by atoms with E-state index in [0.717, 1.165) is 19.3 Å². The molecule has 0 radical (unpaired) electrons. The van der Waals surface area contributed by atoms with E-state index >= 15 is 0 Å². The van der Waals surface area contributed by atoms with Crippen molar-refractivity contribution >= 4 is 0 Å². The highest BCUT2D eigenvalue weighted by molar-refractivity contribution is 4.99. The summed E-state index contributed by atoms with van der Waals surface area (Å²) >= 11 is 0. The minimum absolute atomic E-state index is 0.102. The fourth-order valence-corrected chi connectivity index (χ4v) is 4.13. The van der Waals surface area contributed by atoms with E-state index in [4.69, 9.17) is 23.7 Å². The number of hydrogen-bond donors (Lipinski definition) is 2. The Balaban J connectivity index is 1.65. The molecule has 25 heavy (non-hydrogen) atoms. The van der Waals surface area contributed by atoms with Gasteiger partial charge in [-0.05, 0) is 33.6 Å². The van der Waals surface area contributed by atoms with Gasteiger partial charge in [0.25, 0.3) is 0 Å². The van der Waals surface area contributed by atoms with E-state index in [2.05, 4.69) is 0 Å². The van der Waals surface area contributed by atoms with Crippen LogP contribution >= 0.6 is 0 Å². The Morgan fingerprint density at radius 1 is 1.16 bits per heavy atom. The summed E-state index contributed by atoms with van der Waals surface area (Å²) < 4.78 is 28.7. The van der Waals surface area contributed by atoms with Crippen LogP contribution in [-0.2, 0) is 23.7 Å². The molecular weight excluding hydrogens is 328 g/mol. The van der Waals surface area contributed by atoms with Crippen LogP contribution in [0.1, 0.15) is 59.3 Å². The van der Waals surface area contributed by atoms with Crippen molar-refractivity contribution in [2.45, 2.75) is 101 Å². The van der Waals surface area contributed by atoms with Crippen molar-refractivity contribution in [2.24, 2.45) is 0 Å². The normalized spacial score (nSPS) is 37.8. The number of rotatable bonds is 7. The lowest BCUT2D eigenvalue weighted by Gasteiger charge is -2.36. The van der Waals surface area contributed by atoms with Gasteiger partial charge in [0.05, 0.1) is 11.7 Å². The van der Waals surface area contributed by atoms with E-state index in [0.29, 0.717) is 19.4 Å². The molecule has 0 bridgehead atoms. The molecule has 0 aromatic rings. The second-order valence-corrected chi connectivity index (χ2v) is 7.87. The quantitative estimate of drug-likeness (QED) is 0.528. The molecule has 1 aliphatic carbocycles. The minimum Gasteiger partial charge on any atom is -0.390 e. The molecule has 2 N–H and O–H groups in total. The van der Waals surface area contributed by atoms with Crippen LogP contribution in [0.15, 0.2) is 0 Å². The molecule has 3 aliphatic rings. The van der Waals surface area contributed by atoms with Gasteiger partial charge < -0.3 is 33.9 Å². The highest BCUT2D eigenvalue weighted by Gasteiger charge is 2.57. The number of aliphatic hydroxyl groups is 2. The first-order valence-corrected chi connectivity index (χ1v) is 9.44. The topological polar surface area (TPSA) is 86.6 Å². The summed E-state index contributed by atoms with van der Waals surface area (Å²) in [6, 6.07) is 0. The van der Waals surface area contributed by atoms with Crippen molar-refractivity contribution in [3.05, 3.63) is 0 Å². The molecule has 0 spiro atoms. The predicted molar refractivity (Wildman–Crippen MR) is 88.7 cm³/mol. The molecule has 2 aliphatic heterocycles. The third-order valence-electron chi connectivity index (χ3n) is 5.33. The fourth-order valence-electron chi connectivity index (χ4n) is 4.13. The maximum Gasteiger partial charge on any atom is 0.190 e. The average molecular weight is 360 g/mol. The lowest BCUT2D eigenvalue weighted by Crippen LogP contribution is -2.46. The molecule has 0 aromatic carbocycles. The van der Waals surface area contributed by atoms with Crippen molar-refractivity contribution < 1.29 is 33.9 Å². The van der Waals surface area contributed by atoms with E-state index in [1.807, 2.05) is 20.8 Å². The van der Waals surface area contributed by atoms with Crippen LogP contribution in [0.5, 0.6) is 0 Å². The summed E-state index contributed by atoms with van der Waals surface area (Å²) in [5, 5.41) is 21.5. The summed E-state index contributed by atoms with van der Waals surface area (Å²) in [5.74, 6) is -0.750. The number of aliphatic hydroxyl groups excluding tert-OH is 1. The Morgan fingerprint density at radius 2 is 1.88 bits per heavy atom. The summed E-state index contributed by atoms with van der Waals surface area (Å²) in [6.45, 7) is 6.18. The summed E-state index contributed by atoms with van der Waals surface area (Å²) in [6.07, 6.45) is 1.86. The molecule has 0 amide bonds. The second kappa shape index (κ2) is 7.76. The number of fused-ring (bicyclic) bond motifs is 1. The van der Waals surface area contributed by atoms with E-state index < -0.39 is 42.1 Å². The molecule has 0 unspecified atom stereocenters. The number of hydrogen-bond acceptors (Lipinski definition) is 7. The predicted octanol–water partition coefficient (Wildman–Crippen LogP) is 1.69.